The Balaban J connectivity index is 1.76. The van der Waals surface area contributed by atoms with E-state index in [0.29, 0.717) is 16.8 Å². The van der Waals surface area contributed by atoms with E-state index in [1.54, 1.807) is 11.0 Å². The minimum Gasteiger partial charge on any atom is -0.361 e. The van der Waals surface area contributed by atoms with E-state index < -0.39 is 5.82 Å². The van der Waals surface area contributed by atoms with Crippen LogP contribution in [0.4, 0.5) is 14.9 Å². The molecule has 0 bridgehead atoms. The molecule has 1 aliphatic rings. The van der Waals surface area contributed by atoms with E-state index in [0.717, 1.165) is 18.5 Å². The third-order valence-electron chi connectivity index (χ3n) is 3.67. The summed E-state index contributed by atoms with van der Waals surface area (Å²) in [7, 11) is 0. The van der Waals surface area contributed by atoms with Crippen LogP contribution in [0.25, 0.3) is 0 Å². The zero-order valence-corrected chi connectivity index (χ0v) is 13.6. The molecule has 1 atom stereocenters. The molecule has 5 nitrogen and oxygen atoms in total. The van der Waals surface area contributed by atoms with Gasteiger partial charge in [-0.3, -0.25) is 0 Å². The second-order valence-corrected chi connectivity index (χ2v) is 6.18. The van der Waals surface area contributed by atoms with Gasteiger partial charge in [0.2, 0.25) is 0 Å². The lowest BCUT2D eigenvalue weighted by molar-refractivity contribution is 0.204. The highest BCUT2D eigenvalue weighted by molar-refractivity contribution is 9.10. The van der Waals surface area contributed by atoms with E-state index >= 15 is 0 Å². The maximum atomic E-state index is 13.8. The number of urea groups is 1. The number of carbonyl (C=O) groups is 1. The third-order valence-corrected chi connectivity index (χ3v) is 4.17. The second-order valence-electron chi connectivity index (χ2n) is 5.27. The number of anilines is 1. The highest BCUT2D eigenvalue weighted by Gasteiger charge is 2.32. The molecule has 1 N–H and O–H groups in total. The monoisotopic (exact) mass is 367 g/mol. The number of nitrogens with one attached hydrogen (secondary N) is 1. The number of amides is 2. The van der Waals surface area contributed by atoms with Crippen LogP contribution >= 0.6 is 15.9 Å². The predicted octanol–water partition coefficient (Wildman–Crippen LogP) is 4.25. The van der Waals surface area contributed by atoms with Gasteiger partial charge in [0.05, 0.1) is 11.7 Å². The van der Waals surface area contributed by atoms with Crippen molar-refractivity contribution in [3.05, 3.63) is 46.0 Å². The van der Waals surface area contributed by atoms with Crippen molar-refractivity contribution in [1.82, 2.24) is 10.1 Å². The zero-order valence-electron chi connectivity index (χ0n) is 12.0. The van der Waals surface area contributed by atoms with Gasteiger partial charge in [-0.05, 0) is 38.0 Å². The molecule has 1 aliphatic heterocycles. The Bertz CT molecular complexity index is 704. The molecular weight excluding hydrogens is 353 g/mol. The first kappa shape index (κ1) is 15.0. The van der Waals surface area contributed by atoms with Crippen LogP contribution in [0.15, 0.2) is 33.3 Å². The minimum absolute atomic E-state index is 0.129. The Labute approximate surface area is 135 Å². The van der Waals surface area contributed by atoms with E-state index in [-0.39, 0.29) is 17.8 Å². The Morgan fingerprint density at radius 1 is 1.50 bits per heavy atom. The number of hydrogen-bond acceptors (Lipinski definition) is 3. The van der Waals surface area contributed by atoms with Crippen LogP contribution in [-0.4, -0.2) is 22.6 Å². The number of benzene rings is 1. The van der Waals surface area contributed by atoms with Gasteiger partial charge in [0.1, 0.15) is 17.3 Å². The number of aryl methyl sites for hydroxylation is 1. The van der Waals surface area contributed by atoms with Crippen molar-refractivity contribution >= 4 is 27.6 Å². The van der Waals surface area contributed by atoms with Crippen molar-refractivity contribution in [2.24, 2.45) is 0 Å². The van der Waals surface area contributed by atoms with Crippen LogP contribution in [-0.2, 0) is 0 Å². The summed E-state index contributed by atoms with van der Waals surface area (Å²) in [5.74, 6) is 0.233. The molecule has 22 heavy (non-hydrogen) atoms. The molecule has 0 radical (unpaired) electrons. The average molecular weight is 368 g/mol. The normalized spacial score (nSPS) is 17.8. The summed E-state index contributed by atoms with van der Waals surface area (Å²) in [6.45, 7) is 2.42. The lowest BCUT2D eigenvalue weighted by Gasteiger charge is -2.23. The smallest absolute Gasteiger partial charge is 0.322 e. The number of hydrogen-bond donors (Lipinski definition) is 1. The van der Waals surface area contributed by atoms with Crippen LogP contribution < -0.4 is 5.32 Å². The second kappa shape index (κ2) is 6.08. The van der Waals surface area contributed by atoms with E-state index in [4.69, 9.17) is 4.52 Å². The lowest BCUT2D eigenvalue weighted by Crippen LogP contribution is -2.34. The van der Waals surface area contributed by atoms with Crippen molar-refractivity contribution in [2.45, 2.75) is 25.8 Å². The molecule has 2 amide bonds. The molecule has 1 aromatic heterocycles. The van der Waals surface area contributed by atoms with Crippen molar-refractivity contribution in [3.63, 3.8) is 0 Å². The molecule has 0 spiro atoms. The molecule has 2 aromatic rings. The van der Waals surface area contributed by atoms with Gasteiger partial charge in [0, 0.05) is 17.1 Å². The summed E-state index contributed by atoms with van der Waals surface area (Å²) in [4.78, 5) is 14.1. The Hall–Kier alpha value is -1.89. The van der Waals surface area contributed by atoms with Gasteiger partial charge in [-0.15, -0.1) is 0 Å². The number of aromatic nitrogens is 1. The fourth-order valence-electron chi connectivity index (χ4n) is 2.64. The van der Waals surface area contributed by atoms with Crippen LogP contribution in [0, 0.1) is 12.7 Å². The van der Waals surface area contributed by atoms with E-state index in [9.17, 15) is 9.18 Å². The van der Waals surface area contributed by atoms with Gasteiger partial charge in [-0.1, -0.05) is 21.1 Å². The molecule has 3 rings (SSSR count). The van der Waals surface area contributed by atoms with E-state index in [1.807, 2.05) is 13.0 Å². The summed E-state index contributed by atoms with van der Waals surface area (Å²) in [5, 5.41) is 6.61. The summed E-state index contributed by atoms with van der Waals surface area (Å²) in [6, 6.07) is 5.90. The van der Waals surface area contributed by atoms with Crippen LogP contribution in [0.3, 0.4) is 0 Å². The molecule has 7 heteroatoms. The van der Waals surface area contributed by atoms with Gasteiger partial charge < -0.3 is 14.7 Å². The van der Waals surface area contributed by atoms with Crippen LogP contribution in [0.1, 0.15) is 30.3 Å². The third kappa shape index (κ3) is 2.99. The summed E-state index contributed by atoms with van der Waals surface area (Å²) < 4.78 is 19.5. The van der Waals surface area contributed by atoms with Crippen LogP contribution in [0.5, 0.6) is 0 Å². The molecular formula is C15H15BrFN3O2. The standard InChI is InChI=1S/C15H15BrFN3O2/c1-9-7-13(19-22-9)14-3-2-6-20(14)15(21)18-12-5-4-10(16)8-11(12)17/h4-5,7-8,14H,2-3,6H2,1H3,(H,18,21). The Kier molecular flexibility index (Phi) is 4.15. The Morgan fingerprint density at radius 2 is 2.32 bits per heavy atom. The molecule has 0 saturated carbocycles. The first-order chi connectivity index (χ1) is 10.5. The van der Waals surface area contributed by atoms with Gasteiger partial charge in [0.25, 0.3) is 0 Å². The summed E-state index contributed by atoms with van der Waals surface area (Å²) >= 11 is 3.19. The lowest BCUT2D eigenvalue weighted by atomic mass is 10.1. The van der Waals surface area contributed by atoms with Crippen molar-refractivity contribution in [2.75, 3.05) is 11.9 Å². The maximum Gasteiger partial charge on any atom is 0.322 e. The molecule has 1 aromatic carbocycles. The quantitative estimate of drug-likeness (QED) is 0.862. The Morgan fingerprint density at radius 3 is 3.00 bits per heavy atom. The van der Waals surface area contributed by atoms with E-state index in [1.165, 1.54) is 12.1 Å². The first-order valence-corrected chi connectivity index (χ1v) is 7.80. The number of likely N-dealkylation sites (tertiary alicyclic amines) is 1. The topological polar surface area (TPSA) is 58.4 Å². The number of halogens is 2. The van der Waals surface area contributed by atoms with Gasteiger partial charge in [-0.2, -0.15) is 0 Å². The van der Waals surface area contributed by atoms with Gasteiger partial charge >= 0.3 is 6.03 Å². The molecule has 1 saturated heterocycles. The fraction of sp³-hybridized carbons (Fsp3) is 0.333. The van der Waals surface area contributed by atoms with Crippen molar-refractivity contribution in [1.29, 1.82) is 0 Å². The highest BCUT2D eigenvalue weighted by Crippen LogP contribution is 2.32. The highest BCUT2D eigenvalue weighted by atomic mass is 79.9. The average Bonchev–Trinajstić information content (AvgIpc) is 3.10. The minimum atomic E-state index is -0.476. The summed E-state index contributed by atoms with van der Waals surface area (Å²) in [6.07, 6.45) is 1.70. The number of carbonyl (C=O) groups excluding carboxylic acids is 1. The number of rotatable bonds is 2. The maximum absolute atomic E-state index is 13.8. The van der Waals surface area contributed by atoms with Crippen LogP contribution in [0.2, 0.25) is 0 Å². The molecule has 1 fully saturated rings. The fourth-order valence-corrected chi connectivity index (χ4v) is 2.97. The summed E-state index contributed by atoms with van der Waals surface area (Å²) in [5.41, 5.74) is 0.900. The molecule has 0 aliphatic carbocycles. The van der Waals surface area contributed by atoms with Crippen molar-refractivity contribution in [3.8, 4) is 0 Å². The first-order valence-electron chi connectivity index (χ1n) is 7.00. The SMILES string of the molecule is Cc1cc(C2CCCN2C(=O)Nc2ccc(Br)cc2F)no1. The largest absolute Gasteiger partial charge is 0.361 e. The molecule has 1 unspecified atom stereocenters. The van der Waals surface area contributed by atoms with Crippen molar-refractivity contribution < 1.29 is 13.7 Å². The molecule has 116 valence electrons. The van der Waals surface area contributed by atoms with Gasteiger partial charge in [0.15, 0.2) is 0 Å². The van der Waals surface area contributed by atoms with Gasteiger partial charge in [-0.25, -0.2) is 9.18 Å². The number of nitrogens with zero attached hydrogens (tertiary/aromatic N) is 2. The van der Waals surface area contributed by atoms with E-state index in [2.05, 4.69) is 26.4 Å². The molecule has 2 heterocycles. The predicted molar refractivity (Wildman–Crippen MR) is 83.0 cm³/mol. The zero-order chi connectivity index (χ0) is 15.7.